The van der Waals surface area contributed by atoms with Gasteiger partial charge in [0.25, 0.3) is 0 Å². The van der Waals surface area contributed by atoms with Gasteiger partial charge in [-0.25, -0.2) is 0 Å². The van der Waals surface area contributed by atoms with Crippen molar-refractivity contribution in [1.29, 1.82) is 0 Å². The number of rotatable bonds is 6. The summed E-state index contributed by atoms with van der Waals surface area (Å²) < 4.78 is 5.35. The molecule has 0 unspecified atom stereocenters. The Bertz CT molecular complexity index is 64.3. The first-order chi connectivity index (χ1) is 4.77. The van der Waals surface area contributed by atoms with Gasteiger partial charge in [-0.3, -0.25) is 0 Å². The monoisotopic (exact) mass is 161 g/mol. The number of unbranched alkanes of at least 4 members (excludes halogenated alkanes) is 1. The molecule has 0 N–H and O–H groups in total. The Morgan fingerprint density at radius 3 is 2.50 bits per heavy atom. The molecule has 0 spiro atoms. The van der Waals surface area contributed by atoms with E-state index in [0.717, 1.165) is 31.8 Å². The SMILES string of the molecule is CC(C)COCCCC[S]. The molecule has 0 aliphatic rings. The average molecular weight is 161 g/mol. The molecule has 0 bridgehead atoms. The van der Waals surface area contributed by atoms with Crippen molar-refractivity contribution in [1.82, 2.24) is 0 Å². The van der Waals surface area contributed by atoms with Crippen LogP contribution in [-0.2, 0) is 4.74 Å². The van der Waals surface area contributed by atoms with Crippen LogP contribution in [0, 0.1) is 5.92 Å². The molecular formula is C8H17OS. The fourth-order valence-corrected chi connectivity index (χ4v) is 0.829. The fourth-order valence-electron chi connectivity index (χ4n) is 0.625. The van der Waals surface area contributed by atoms with Gasteiger partial charge in [0.05, 0.1) is 0 Å². The van der Waals surface area contributed by atoms with E-state index in [9.17, 15) is 0 Å². The average Bonchev–Trinajstić information content (AvgIpc) is 1.87. The summed E-state index contributed by atoms with van der Waals surface area (Å²) >= 11 is 4.80. The molecule has 0 atom stereocenters. The minimum atomic E-state index is 0.656. The van der Waals surface area contributed by atoms with Crippen LogP contribution in [0.2, 0.25) is 0 Å². The van der Waals surface area contributed by atoms with Crippen LogP contribution in [0.25, 0.3) is 0 Å². The van der Waals surface area contributed by atoms with E-state index in [-0.39, 0.29) is 0 Å². The molecule has 61 valence electrons. The lowest BCUT2D eigenvalue weighted by Gasteiger charge is -2.04. The summed E-state index contributed by atoms with van der Waals surface area (Å²) in [6.07, 6.45) is 2.24. The van der Waals surface area contributed by atoms with Crippen molar-refractivity contribution in [3.8, 4) is 0 Å². The normalized spacial score (nSPS) is 10.8. The maximum atomic E-state index is 5.35. The molecule has 10 heavy (non-hydrogen) atoms. The second kappa shape index (κ2) is 7.42. The van der Waals surface area contributed by atoms with E-state index in [2.05, 4.69) is 13.8 Å². The molecule has 0 aromatic heterocycles. The van der Waals surface area contributed by atoms with E-state index in [1.165, 1.54) is 0 Å². The zero-order chi connectivity index (χ0) is 7.82. The Balaban J connectivity index is 2.77. The minimum absolute atomic E-state index is 0.656. The van der Waals surface area contributed by atoms with Crippen LogP contribution < -0.4 is 0 Å². The first-order valence-electron chi connectivity index (χ1n) is 3.93. The Kier molecular flexibility index (Phi) is 7.65. The highest BCUT2D eigenvalue weighted by Gasteiger charge is 1.92. The predicted molar refractivity (Wildman–Crippen MR) is 47.3 cm³/mol. The van der Waals surface area contributed by atoms with Gasteiger partial charge in [-0.05, 0) is 18.8 Å². The summed E-state index contributed by atoms with van der Waals surface area (Å²) in [5.74, 6) is 1.52. The van der Waals surface area contributed by atoms with Gasteiger partial charge in [0, 0.05) is 19.0 Å². The van der Waals surface area contributed by atoms with Gasteiger partial charge >= 0.3 is 0 Å². The third kappa shape index (κ3) is 8.31. The van der Waals surface area contributed by atoms with Crippen LogP contribution in [0.4, 0.5) is 0 Å². The summed E-state index contributed by atoms with van der Waals surface area (Å²) in [5, 5.41) is 0. The predicted octanol–water partition coefficient (Wildman–Crippen LogP) is 2.64. The standard InChI is InChI=1S/C8H17OS/c1-8(2)7-9-5-3-4-6-10/h8H,3-7H2,1-2H3. The summed E-state index contributed by atoms with van der Waals surface area (Å²) in [5.41, 5.74) is 0. The molecule has 0 aliphatic carbocycles. The van der Waals surface area contributed by atoms with Gasteiger partial charge in [0.1, 0.15) is 0 Å². The second-order valence-electron chi connectivity index (χ2n) is 2.88. The Labute approximate surface area is 69.6 Å². The van der Waals surface area contributed by atoms with E-state index < -0.39 is 0 Å². The summed E-state index contributed by atoms with van der Waals surface area (Å²) in [7, 11) is 0. The van der Waals surface area contributed by atoms with Crippen LogP contribution >= 0.6 is 12.6 Å². The molecule has 2 heteroatoms. The lowest BCUT2D eigenvalue weighted by atomic mass is 10.2. The van der Waals surface area contributed by atoms with Crippen LogP contribution in [0.15, 0.2) is 0 Å². The minimum Gasteiger partial charge on any atom is -0.381 e. The lowest BCUT2D eigenvalue weighted by Crippen LogP contribution is -2.02. The first kappa shape index (κ1) is 10.3. The molecule has 0 fully saturated rings. The number of ether oxygens (including phenoxy) is 1. The first-order valence-corrected chi connectivity index (χ1v) is 4.51. The van der Waals surface area contributed by atoms with Crippen molar-refractivity contribution in [3.05, 3.63) is 0 Å². The number of hydrogen-bond acceptors (Lipinski definition) is 1. The molecule has 0 aromatic rings. The quantitative estimate of drug-likeness (QED) is 0.544. The zero-order valence-electron chi connectivity index (χ0n) is 6.93. The van der Waals surface area contributed by atoms with Crippen molar-refractivity contribution < 1.29 is 4.74 Å². The smallest absolute Gasteiger partial charge is 0.0488 e. The highest BCUT2D eigenvalue weighted by Crippen LogP contribution is 1.96. The van der Waals surface area contributed by atoms with Crippen molar-refractivity contribution in [2.45, 2.75) is 26.7 Å². The second-order valence-corrected chi connectivity index (χ2v) is 3.29. The van der Waals surface area contributed by atoms with Crippen molar-refractivity contribution in [2.75, 3.05) is 19.0 Å². The molecule has 0 aliphatic heterocycles. The Morgan fingerprint density at radius 1 is 1.30 bits per heavy atom. The maximum absolute atomic E-state index is 5.35. The van der Waals surface area contributed by atoms with Crippen molar-refractivity contribution >= 4 is 12.6 Å². The summed E-state index contributed by atoms with van der Waals surface area (Å²) in [4.78, 5) is 0. The molecule has 0 saturated heterocycles. The van der Waals surface area contributed by atoms with Crippen molar-refractivity contribution in [2.24, 2.45) is 5.92 Å². The van der Waals surface area contributed by atoms with Gasteiger partial charge in [-0.1, -0.05) is 26.5 Å². The van der Waals surface area contributed by atoms with E-state index in [1.807, 2.05) is 0 Å². The summed E-state index contributed by atoms with van der Waals surface area (Å²) in [6.45, 7) is 6.09. The zero-order valence-corrected chi connectivity index (χ0v) is 7.75. The van der Waals surface area contributed by atoms with Crippen LogP contribution in [0.1, 0.15) is 26.7 Å². The Morgan fingerprint density at radius 2 is 2.00 bits per heavy atom. The topological polar surface area (TPSA) is 9.23 Å². The fraction of sp³-hybridized carbons (Fsp3) is 1.00. The molecular weight excluding hydrogens is 144 g/mol. The van der Waals surface area contributed by atoms with Gasteiger partial charge < -0.3 is 4.74 Å². The largest absolute Gasteiger partial charge is 0.381 e. The van der Waals surface area contributed by atoms with Gasteiger partial charge in [0.2, 0.25) is 0 Å². The Hall–Kier alpha value is 0.310. The summed E-state index contributed by atoms with van der Waals surface area (Å²) in [6, 6.07) is 0. The third-order valence-corrected chi connectivity index (χ3v) is 1.42. The van der Waals surface area contributed by atoms with E-state index >= 15 is 0 Å². The van der Waals surface area contributed by atoms with Gasteiger partial charge in [-0.15, -0.1) is 0 Å². The lowest BCUT2D eigenvalue weighted by molar-refractivity contribution is 0.108. The molecule has 0 aromatic carbocycles. The highest BCUT2D eigenvalue weighted by molar-refractivity contribution is 7.80. The number of hydrogen-bond donors (Lipinski definition) is 0. The molecule has 0 saturated carbocycles. The highest BCUT2D eigenvalue weighted by atomic mass is 32.1. The van der Waals surface area contributed by atoms with Gasteiger partial charge in [0.15, 0.2) is 0 Å². The van der Waals surface area contributed by atoms with E-state index in [0.29, 0.717) is 5.92 Å². The van der Waals surface area contributed by atoms with E-state index in [1.54, 1.807) is 0 Å². The maximum Gasteiger partial charge on any atom is 0.0488 e. The van der Waals surface area contributed by atoms with Crippen LogP contribution in [0.3, 0.4) is 0 Å². The van der Waals surface area contributed by atoms with Crippen LogP contribution in [-0.4, -0.2) is 19.0 Å². The van der Waals surface area contributed by atoms with E-state index in [4.69, 9.17) is 17.4 Å². The van der Waals surface area contributed by atoms with Crippen molar-refractivity contribution in [3.63, 3.8) is 0 Å². The van der Waals surface area contributed by atoms with Gasteiger partial charge in [-0.2, -0.15) is 0 Å². The molecule has 1 radical (unpaired) electrons. The molecule has 0 amide bonds. The van der Waals surface area contributed by atoms with Crippen LogP contribution in [0.5, 0.6) is 0 Å². The third-order valence-electron chi connectivity index (χ3n) is 1.13. The molecule has 1 nitrogen and oxygen atoms in total. The molecule has 0 rings (SSSR count). The molecule has 0 heterocycles.